The summed E-state index contributed by atoms with van der Waals surface area (Å²) < 4.78 is 109. The van der Waals surface area contributed by atoms with Crippen molar-refractivity contribution in [3.63, 3.8) is 0 Å². The molecule has 2 heterocycles. The van der Waals surface area contributed by atoms with Gasteiger partial charge in [0.05, 0.1) is 39.1 Å². The molecule has 3 atom stereocenters. The maximum atomic E-state index is 13.4. The molecule has 4 nitrogen and oxygen atoms in total. The van der Waals surface area contributed by atoms with E-state index >= 15 is 0 Å². The van der Waals surface area contributed by atoms with Gasteiger partial charge in [0, 0.05) is 6.42 Å². The van der Waals surface area contributed by atoms with Crippen molar-refractivity contribution in [3.8, 4) is 0 Å². The van der Waals surface area contributed by atoms with Crippen molar-refractivity contribution in [2.45, 2.75) is 42.8 Å². The predicted molar refractivity (Wildman–Crippen MR) is 60.6 cm³/mol. The van der Waals surface area contributed by atoms with Crippen molar-refractivity contribution in [2.24, 2.45) is 0 Å². The van der Waals surface area contributed by atoms with Gasteiger partial charge in [0.1, 0.15) is 12.2 Å². The molecule has 0 bridgehead atoms. The Bertz CT molecular complexity index is 393. The molecule has 3 unspecified atom stereocenters. The topological polar surface area (TPSA) is 43.5 Å². The van der Waals surface area contributed by atoms with E-state index in [1.54, 1.807) is 0 Å². The van der Waals surface area contributed by atoms with Crippen LogP contribution in [0.3, 0.4) is 0 Å². The first-order valence-electron chi connectivity index (χ1n) is 6.78. The minimum Gasteiger partial charge on any atom is -0.376 e. The fraction of sp³-hybridized carbons (Fsp3) is 1.00. The maximum Gasteiger partial charge on any atom is 0.459 e. The monoisotopic (exact) mass is 356 g/mol. The van der Waals surface area contributed by atoms with Crippen LogP contribution in [0.15, 0.2) is 0 Å². The molecule has 2 aliphatic rings. The third kappa shape index (κ3) is 5.16. The van der Waals surface area contributed by atoms with E-state index in [2.05, 4.69) is 0 Å². The zero-order valence-electron chi connectivity index (χ0n) is 11.8. The van der Waals surface area contributed by atoms with Gasteiger partial charge in [0.2, 0.25) is 0 Å². The first-order chi connectivity index (χ1) is 10.5. The van der Waals surface area contributed by atoms with Gasteiger partial charge in [0.25, 0.3) is 0 Å². The quantitative estimate of drug-likeness (QED) is 0.445. The molecule has 0 saturated carbocycles. The standard InChI is InChI=1S/C12H15F7O4/c13-10(14,11(15,16)12(17,18)19)1-7(21-5-9-6-23-9)2-20-3-8-4-22-8/h7-9H,1-6H2. The lowest BCUT2D eigenvalue weighted by atomic mass is 10.0. The maximum absolute atomic E-state index is 13.4. The lowest BCUT2D eigenvalue weighted by molar-refractivity contribution is -0.359. The van der Waals surface area contributed by atoms with Crippen LogP contribution in [0.2, 0.25) is 0 Å². The van der Waals surface area contributed by atoms with E-state index in [-0.39, 0.29) is 25.4 Å². The van der Waals surface area contributed by atoms with Gasteiger partial charge in [-0.15, -0.1) is 0 Å². The van der Waals surface area contributed by atoms with Crippen LogP contribution in [-0.4, -0.2) is 69.4 Å². The second kappa shape index (κ2) is 6.69. The average Bonchev–Trinajstić information content (AvgIpc) is 3.28. The Balaban J connectivity index is 1.91. The van der Waals surface area contributed by atoms with Crippen LogP contribution in [0.4, 0.5) is 30.7 Å². The molecule has 2 aliphatic heterocycles. The summed E-state index contributed by atoms with van der Waals surface area (Å²) in [7, 11) is 0. The Morgan fingerprint density at radius 3 is 1.91 bits per heavy atom. The zero-order chi connectivity index (χ0) is 17.3. The molecule has 2 saturated heterocycles. The summed E-state index contributed by atoms with van der Waals surface area (Å²) in [5.74, 6) is -11.5. The molecule has 23 heavy (non-hydrogen) atoms. The first-order valence-corrected chi connectivity index (χ1v) is 6.78. The molecule has 0 amide bonds. The van der Waals surface area contributed by atoms with Crippen LogP contribution < -0.4 is 0 Å². The predicted octanol–water partition coefficient (Wildman–Crippen LogP) is 2.41. The number of ether oxygens (including phenoxy) is 4. The van der Waals surface area contributed by atoms with Crippen LogP contribution in [-0.2, 0) is 18.9 Å². The van der Waals surface area contributed by atoms with E-state index in [9.17, 15) is 30.7 Å². The number of hydrogen-bond donors (Lipinski definition) is 0. The van der Waals surface area contributed by atoms with Crippen molar-refractivity contribution in [1.29, 1.82) is 0 Å². The SMILES string of the molecule is FC(F)(F)C(F)(F)C(F)(F)CC(COCC1CO1)OCC1CO1. The molecule has 0 aromatic rings. The lowest BCUT2D eigenvalue weighted by Crippen LogP contribution is -2.53. The number of epoxide rings is 2. The molecule has 0 radical (unpaired) electrons. The molecular formula is C12H15F7O4. The molecule has 0 spiro atoms. The second-order valence-electron chi connectivity index (χ2n) is 5.38. The zero-order valence-corrected chi connectivity index (χ0v) is 11.8. The number of halogens is 7. The molecule has 0 aromatic carbocycles. The summed E-state index contributed by atoms with van der Waals surface area (Å²) >= 11 is 0. The minimum atomic E-state index is -6.36. The lowest BCUT2D eigenvalue weighted by Gasteiger charge is -2.30. The summed E-state index contributed by atoms with van der Waals surface area (Å²) in [6, 6.07) is 0. The van der Waals surface area contributed by atoms with Crippen LogP contribution in [0, 0.1) is 0 Å². The van der Waals surface area contributed by atoms with E-state index in [0.29, 0.717) is 13.2 Å². The van der Waals surface area contributed by atoms with Crippen molar-refractivity contribution < 1.29 is 49.7 Å². The minimum absolute atomic E-state index is 0.0288. The van der Waals surface area contributed by atoms with E-state index in [0.717, 1.165) is 0 Å². The first kappa shape index (κ1) is 18.7. The van der Waals surface area contributed by atoms with E-state index < -0.39 is 37.2 Å². The van der Waals surface area contributed by atoms with Crippen LogP contribution in [0.5, 0.6) is 0 Å². The molecule has 0 N–H and O–H groups in total. The van der Waals surface area contributed by atoms with Gasteiger partial charge in [-0.2, -0.15) is 30.7 Å². The number of alkyl halides is 7. The molecule has 11 heteroatoms. The highest BCUT2D eigenvalue weighted by atomic mass is 19.4. The fourth-order valence-electron chi connectivity index (χ4n) is 1.69. The van der Waals surface area contributed by atoms with E-state index in [1.807, 2.05) is 0 Å². The van der Waals surface area contributed by atoms with Gasteiger partial charge in [-0.05, 0) is 0 Å². The van der Waals surface area contributed by atoms with Gasteiger partial charge in [0.15, 0.2) is 0 Å². The molecule has 2 fully saturated rings. The van der Waals surface area contributed by atoms with Crippen LogP contribution in [0.1, 0.15) is 6.42 Å². The third-order valence-electron chi connectivity index (χ3n) is 3.23. The summed E-state index contributed by atoms with van der Waals surface area (Å²) in [4.78, 5) is 0. The number of hydrogen-bond acceptors (Lipinski definition) is 4. The van der Waals surface area contributed by atoms with Gasteiger partial charge < -0.3 is 18.9 Å². The Kier molecular flexibility index (Phi) is 5.44. The van der Waals surface area contributed by atoms with Crippen molar-refractivity contribution >= 4 is 0 Å². The van der Waals surface area contributed by atoms with Crippen molar-refractivity contribution in [2.75, 3.05) is 33.0 Å². The highest BCUT2D eigenvalue weighted by Crippen LogP contribution is 2.48. The third-order valence-corrected chi connectivity index (χ3v) is 3.23. The fourth-order valence-corrected chi connectivity index (χ4v) is 1.69. The normalized spacial score (nSPS) is 26.2. The summed E-state index contributed by atoms with van der Waals surface area (Å²) in [5, 5.41) is 0. The van der Waals surface area contributed by atoms with Crippen LogP contribution >= 0.6 is 0 Å². The Hall–Kier alpha value is -0.650. The second-order valence-corrected chi connectivity index (χ2v) is 5.38. The highest BCUT2D eigenvalue weighted by molar-refractivity contribution is 4.93. The molecule has 0 aromatic heterocycles. The molecule has 0 aliphatic carbocycles. The van der Waals surface area contributed by atoms with Crippen molar-refractivity contribution in [1.82, 2.24) is 0 Å². The van der Waals surface area contributed by atoms with Gasteiger partial charge >= 0.3 is 18.0 Å². The van der Waals surface area contributed by atoms with Gasteiger partial charge in [-0.3, -0.25) is 0 Å². The molecular weight excluding hydrogens is 341 g/mol. The van der Waals surface area contributed by atoms with Crippen molar-refractivity contribution in [3.05, 3.63) is 0 Å². The summed E-state index contributed by atoms with van der Waals surface area (Å²) in [6.45, 7) is 0.0428. The molecule has 2 rings (SSSR count). The smallest absolute Gasteiger partial charge is 0.376 e. The van der Waals surface area contributed by atoms with Gasteiger partial charge in [-0.25, -0.2) is 0 Å². The van der Waals surface area contributed by atoms with Crippen LogP contribution in [0.25, 0.3) is 0 Å². The van der Waals surface area contributed by atoms with Gasteiger partial charge in [-0.1, -0.05) is 0 Å². The van der Waals surface area contributed by atoms with E-state index in [4.69, 9.17) is 18.9 Å². The molecule has 136 valence electrons. The Morgan fingerprint density at radius 1 is 0.913 bits per heavy atom. The average molecular weight is 356 g/mol. The highest BCUT2D eigenvalue weighted by Gasteiger charge is 2.73. The summed E-state index contributed by atoms with van der Waals surface area (Å²) in [5.41, 5.74) is 0. The van der Waals surface area contributed by atoms with E-state index in [1.165, 1.54) is 0 Å². The largest absolute Gasteiger partial charge is 0.459 e. The Morgan fingerprint density at radius 2 is 1.43 bits per heavy atom. The summed E-state index contributed by atoms with van der Waals surface area (Å²) in [6.07, 6.45) is -10.4. The number of rotatable bonds is 10. The Labute approximate surface area is 126 Å².